The molecular weight excluding hydrogens is 578 g/mol. The van der Waals surface area contributed by atoms with E-state index in [1.807, 2.05) is 0 Å². The van der Waals surface area contributed by atoms with Gasteiger partial charge in [-0.1, -0.05) is 30.3 Å². The molecule has 0 bridgehead atoms. The summed E-state index contributed by atoms with van der Waals surface area (Å²) in [5, 5.41) is 23.4. The summed E-state index contributed by atoms with van der Waals surface area (Å²) >= 11 is 0. The van der Waals surface area contributed by atoms with Crippen LogP contribution >= 0.6 is 0 Å². The fourth-order valence-corrected chi connectivity index (χ4v) is 5.56. The number of nitrogens with zero attached hydrogens (tertiary/aromatic N) is 2. The molecule has 4 rings (SSSR count). The van der Waals surface area contributed by atoms with E-state index in [0.717, 1.165) is 0 Å². The standard InChI is InChI=1S/C30H29N3O9S/c1-18(34)42-14-15-43(37,38)26-11-7-10-22(29(26)41-4)32-33-28-21-9-6-5-8-19(21)16-24(35)27(28)30(36)31-23-17-20(39-2)12-13-25(23)40-3/h5-13,16-17,35H,14-15H2,1-4H3,(H,31,36). The molecule has 0 aliphatic carbocycles. The summed E-state index contributed by atoms with van der Waals surface area (Å²) in [4.78, 5) is 24.5. The molecule has 4 aromatic carbocycles. The van der Waals surface area contributed by atoms with E-state index in [1.165, 1.54) is 52.5 Å². The molecule has 0 heterocycles. The van der Waals surface area contributed by atoms with Gasteiger partial charge in [0.2, 0.25) is 0 Å². The van der Waals surface area contributed by atoms with Crippen LogP contribution in [-0.2, 0) is 19.4 Å². The van der Waals surface area contributed by atoms with E-state index >= 15 is 0 Å². The number of para-hydroxylation sites is 1. The average Bonchev–Trinajstić information content (AvgIpc) is 2.98. The maximum Gasteiger partial charge on any atom is 0.302 e. The summed E-state index contributed by atoms with van der Waals surface area (Å²) in [6, 6.07) is 17.5. The van der Waals surface area contributed by atoms with E-state index in [9.17, 15) is 23.1 Å². The van der Waals surface area contributed by atoms with Crippen LogP contribution in [0.25, 0.3) is 10.8 Å². The molecule has 0 spiro atoms. The lowest BCUT2D eigenvalue weighted by atomic mass is 10.0. The highest BCUT2D eigenvalue weighted by Gasteiger charge is 2.24. The third-order valence-electron chi connectivity index (χ3n) is 6.30. The van der Waals surface area contributed by atoms with Gasteiger partial charge >= 0.3 is 5.97 Å². The van der Waals surface area contributed by atoms with Crippen molar-refractivity contribution in [2.24, 2.45) is 10.2 Å². The Morgan fingerprint density at radius 3 is 2.37 bits per heavy atom. The summed E-state index contributed by atoms with van der Waals surface area (Å²) in [6.07, 6.45) is 0. The predicted octanol–water partition coefficient (Wildman–Crippen LogP) is 5.58. The van der Waals surface area contributed by atoms with Crippen molar-refractivity contribution < 1.29 is 42.1 Å². The highest BCUT2D eigenvalue weighted by molar-refractivity contribution is 7.91. The second-order valence-corrected chi connectivity index (χ2v) is 11.1. The zero-order chi connectivity index (χ0) is 31.1. The molecule has 13 heteroatoms. The summed E-state index contributed by atoms with van der Waals surface area (Å²) in [5.74, 6) is -1.42. The van der Waals surface area contributed by atoms with Crippen molar-refractivity contribution >= 4 is 49.5 Å². The fourth-order valence-electron chi connectivity index (χ4n) is 4.28. The van der Waals surface area contributed by atoms with Crippen LogP contribution in [0.15, 0.2) is 81.9 Å². The zero-order valence-electron chi connectivity index (χ0n) is 23.8. The number of phenolic OH excluding ortho intramolecular Hbond substituents is 1. The first-order valence-corrected chi connectivity index (χ1v) is 14.5. The number of methoxy groups -OCH3 is 3. The summed E-state index contributed by atoms with van der Waals surface area (Å²) in [7, 11) is 0.266. The average molecular weight is 608 g/mol. The Balaban J connectivity index is 1.81. The lowest BCUT2D eigenvalue weighted by Gasteiger charge is -2.15. The second-order valence-electron chi connectivity index (χ2n) is 9.03. The number of phenols is 1. The van der Waals surface area contributed by atoms with Gasteiger partial charge in [0.05, 0.1) is 32.8 Å². The number of esters is 1. The van der Waals surface area contributed by atoms with E-state index < -0.39 is 27.5 Å². The molecule has 0 saturated heterocycles. The molecule has 2 N–H and O–H groups in total. The van der Waals surface area contributed by atoms with Crippen LogP contribution in [0.4, 0.5) is 17.1 Å². The minimum atomic E-state index is -3.94. The maximum atomic E-state index is 13.6. The Morgan fingerprint density at radius 1 is 0.907 bits per heavy atom. The van der Waals surface area contributed by atoms with Crippen LogP contribution in [0, 0.1) is 0 Å². The number of carbonyl (C=O) groups is 2. The third kappa shape index (κ3) is 6.84. The van der Waals surface area contributed by atoms with E-state index in [2.05, 4.69) is 15.5 Å². The van der Waals surface area contributed by atoms with Gasteiger partial charge in [-0.15, -0.1) is 10.2 Å². The number of aromatic hydroxyl groups is 1. The molecule has 0 aliphatic heterocycles. The molecule has 0 saturated carbocycles. The Morgan fingerprint density at radius 2 is 1.67 bits per heavy atom. The van der Waals surface area contributed by atoms with Gasteiger partial charge < -0.3 is 29.4 Å². The third-order valence-corrected chi connectivity index (χ3v) is 7.99. The largest absolute Gasteiger partial charge is 0.507 e. The number of hydrogen-bond donors (Lipinski definition) is 2. The molecule has 0 aliphatic rings. The topological polar surface area (TPSA) is 162 Å². The molecule has 224 valence electrons. The van der Waals surface area contributed by atoms with E-state index in [-0.39, 0.29) is 45.6 Å². The number of azo groups is 1. The van der Waals surface area contributed by atoms with Crippen LogP contribution in [0.2, 0.25) is 0 Å². The number of ether oxygens (including phenoxy) is 4. The molecular formula is C30H29N3O9S. The van der Waals surface area contributed by atoms with Gasteiger partial charge in [0.1, 0.15) is 45.7 Å². The Labute approximate surface area is 247 Å². The van der Waals surface area contributed by atoms with Crippen molar-refractivity contribution in [2.75, 3.05) is 39.0 Å². The zero-order valence-corrected chi connectivity index (χ0v) is 24.6. The summed E-state index contributed by atoms with van der Waals surface area (Å²) in [6.45, 7) is 0.847. The number of amides is 1. The number of nitrogens with one attached hydrogen (secondary N) is 1. The maximum absolute atomic E-state index is 13.6. The molecule has 0 atom stereocenters. The molecule has 0 radical (unpaired) electrons. The lowest BCUT2D eigenvalue weighted by molar-refractivity contribution is -0.140. The van der Waals surface area contributed by atoms with Crippen molar-refractivity contribution in [3.8, 4) is 23.0 Å². The number of rotatable bonds is 11. The normalized spacial score (nSPS) is 11.3. The van der Waals surface area contributed by atoms with Gasteiger partial charge in [-0.2, -0.15) is 0 Å². The van der Waals surface area contributed by atoms with Crippen molar-refractivity contribution in [3.05, 3.63) is 72.3 Å². The summed E-state index contributed by atoms with van der Waals surface area (Å²) < 4.78 is 46.8. The van der Waals surface area contributed by atoms with Crippen LogP contribution in [-0.4, -0.2) is 59.1 Å². The fraction of sp³-hybridized carbons (Fsp3) is 0.200. The van der Waals surface area contributed by atoms with Gasteiger partial charge in [-0.3, -0.25) is 9.59 Å². The van der Waals surface area contributed by atoms with Gasteiger partial charge in [-0.25, -0.2) is 8.42 Å². The highest BCUT2D eigenvalue weighted by Crippen LogP contribution is 2.41. The second kappa shape index (κ2) is 13.2. The smallest absolute Gasteiger partial charge is 0.302 e. The monoisotopic (exact) mass is 607 g/mol. The Bertz CT molecular complexity index is 1820. The van der Waals surface area contributed by atoms with Gasteiger partial charge in [0.25, 0.3) is 5.91 Å². The van der Waals surface area contributed by atoms with Gasteiger partial charge in [0.15, 0.2) is 15.6 Å². The molecule has 43 heavy (non-hydrogen) atoms. The first kappa shape index (κ1) is 30.8. The highest BCUT2D eigenvalue weighted by atomic mass is 32.2. The van der Waals surface area contributed by atoms with Crippen molar-refractivity contribution in [2.45, 2.75) is 11.8 Å². The van der Waals surface area contributed by atoms with Crippen molar-refractivity contribution in [1.82, 2.24) is 0 Å². The quantitative estimate of drug-likeness (QED) is 0.164. The van der Waals surface area contributed by atoms with E-state index in [4.69, 9.17) is 18.9 Å². The first-order valence-electron chi connectivity index (χ1n) is 12.8. The molecule has 0 fully saturated rings. The number of carbonyl (C=O) groups excluding carboxylic acids is 2. The van der Waals surface area contributed by atoms with Crippen molar-refractivity contribution in [3.63, 3.8) is 0 Å². The van der Waals surface area contributed by atoms with Gasteiger partial charge in [-0.05, 0) is 35.7 Å². The van der Waals surface area contributed by atoms with E-state index in [0.29, 0.717) is 22.3 Å². The van der Waals surface area contributed by atoms with E-state index in [1.54, 1.807) is 42.5 Å². The number of hydrogen-bond acceptors (Lipinski definition) is 11. The predicted molar refractivity (Wildman–Crippen MR) is 159 cm³/mol. The van der Waals surface area contributed by atoms with Crippen LogP contribution in [0.3, 0.4) is 0 Å². The van der Waals surface area contributed by atoms with Crippen LogP contribution < -0.4 is 19.5 Å². The molecule has 1 amide bonds. The van der Waals surface area contributed by atoms with Crippen molar-refractivity contribution in [1.29, 1.82) is 0 Å². The number of fused-ring (bicyclic) bond motifs is 1. The molecule has 12 nitrogen and oxygen atoms in total. The molecule has 0 aromatic heterocycles. The Hall–Kier alpha value is -5.17. The number of benzene rings is 4. The van der Waals surface area contributed by atoms with Crippen LogP contribution in [0.5, 0.6) is 23.0 Å². The minimum Gasteiger partial charge on any atom is -0.507 e. The van der Waals surface area contributed by atoms with Gasteiger partial charge in [0, 0.05) is 18.4 Å². The first-order chi connectivity index (χ1) is 20.6. The lowest BCUT2D eigenvalue weighted by Crippen LogP contribution is -2.15. The molecule has 0 unspecified atom stereocenters. The molecule has 4 aromatic rings. The van der Waals surface area contributed by atoms with Crippen LogP contribution in [0.1, 0.15) is 17.3 Å². The Kier molecular flexibility index (Phi) is 9.46. The number of sulfone groups is 1. The number of anilines is 1. The SMILES string of the molecule is COc1ccc(OC)c(NC(=O)c2c(O)cc3ccccc3c2N=Nc2cccc(S(=O)(=O)CCOC(C)=O)c2OC)c1. The summed E-state index contributed by atoms with van der Waals surface area (Å²) in [5.41, 5.74) is 0.177. The minimum absolute atomic E-state index is 0.0279.